The number of anilines is 1. The van der Waals surface area contributed by atoms with Crippen molar-refractivity contribution in [2.45, 2.75) is 11.1 Å². The fourth-order valence-electron chi connectivity index (χ4n) is 1.35. The summed E-state index contributed by atoms with van der Waals surface area (Å²) in [5.74, 6) is -0.695. The molecule has 0 aliphatic heterocycles. The molecule has 0 bridgehead atoms. The summed E-state index contributed by atoms with van der Waals surface area (Å²) in [5, 5.41) is 9.31. The summed E-state index contributed by atoms with van der Waals surface area (Å²) in [6.07, 6.45) is 1.25. The first kappa shape index (κ1) is 13.5. The normalized spacial score (nSPS) is 11.0. The Morgan fingerprint density at radius 1 is 1.47 bits per heavy atom. The van der Waals surface area contributed by atoms with Crippen LogP contribution in [0.15, 0.2) is 28.6 Å². The molecule has 0 saturated carbocycles. The molecule has 2 rings (SSSR count). The minimum atomic E-state index is -3.76. The molecule has 0 spiro atoms. The molecule has 8 heteroatoms. The van der Waals surface area contributed by atoms with Crippen molar-refractivity contribution in [1.29, 1.82) is 5.26 Å². The average Bonchev–Trinajstić information content (AvgIpc) is 2.79. The van der Waals surface area contributed by atoms with Crippen molar-refractivity contribution >= 4 is 27.0 Å². The van der Waals surface area contributed by atoms with E-state index < -0.39 is 15.8 Å². The van der Waals surface area contributed by atoms with Gasteiger partial charge in [0.2, 0.25) is 0 Å². The van der Waals surface area contributed by atoms with Crippen LogP contribution in [0.4, 0.5) is 10.1 Å². The second kappa shape index (κ2) is 4.95. The topological polar surface area (TPSA) is 82.8 Å². The van der Waals surface area contributed by atoms with E-state index in [0.717, 1.165) is 23.5 Å². The van der Waals surface area contributed by atoms with Gasteiger partial charge in [-0.3, -0.25) is 4.72 Å². The Bertz CT molecular complexity index is 762. The SMILES string of the molecule is Cc1ncc(S(=O)(=O)Nc2ccc(F)c(C#N)c2)s1. The lowest BCUT2D eigenvalue weighted by atomic mass is 10.2. The zero-order valence-corrected chi connectivity index (χ0v) is 11.3. The van der Waals surface area contributed by atoms with Crippen LogP contribution in [0.2, 0.25) is 0 Å². The predicted molar refractivity (Wildman–Crippen MR) is 68.8 cm³/mol. The Balaban J connectivity index is 2.34. The van der Waals surface area contributed by atoms with Gasteiger partial charge in [-0.2, -0.15) is 5.26 Å². The van der Waals surface area contributed by atoms with Gasteiger partial charge in [0.15, 0.2) is 4.21 Å². The molecule has 0 unspecified atom stereocenters. The van der Waals surface area contributed by atoms with Gasteiger partial charge in [0.05, 0.1) is 22.5 Å². The molecule has 1 heterocycles. The molecule has 0 amide bonds. The number of rotatable bonds is 3. The third kappa shape index (κ3) is 2.89. The summed E-state index contributed by atoms with van der Waals surface area (Å²) >= 11 is 1.03. The van der Waals surface area contributed by atoms with Crippen LogP contribution in [-0.4, -0.2) is 13.4 Å². The third-order valence-corrected chi connectivity index (χ3v) is 4.96. The predicted octanol–water partition coefficient (Wildman–Crippen LogP) is 2.26. The van der Waals surface area contributed by atoms with E-state index in [9.17, 15) is 12.8 Å². The van der Waals surface area contributed by atoms with E-state index >= 15 is 0 Å². The number of halogens is 1. The summed E-state index contributed by atoms with van der Waals surface area (Å²) in [5.41, 5.74) is -0.0929. The monoisotopic (exact) mass is 297 g/mol. The number of aromatic nitrogens is 1. The molecule has 0 aliphatic rings. The largest absolute Gasteiger partial charge is 0.279 e. The minimum Gasteiger partial charge on any atom is -0.279 e. The standard InChI is InChI=1S/C11H8FN3O2S2/c1-7-14-6-11(18-7)19(16,17)15-9-2-3-10(12)8(4-9)5-13/h2-4,6,15H,1H3. The van der Waals surface area contributed by atoms with Crippen molar-refractivity contribution in [3.05, 3.63) is 40.8 Å². The molecule has 98 valence electrons. The Morgan fingerprint density at radius 2 is 2.21 bits per heavy atom. The summed E-state index contributed by atoms with van der Waals surface area (Å²) in [4.78, 5) is 3.86. The van der Waals surface area contributed by atoms with Crippen LogP contribution in [0.3, 0.4) is 0 Å². The van der Waals surface area contributed by atoms with E-state index in [1.165, 1.54) is 12.3 Å². The third-order valence-electron chi connectivity index (χ3n) is 2.20. The number of nitrogens with zero attached hydrogens (tertiary/aromatic N) is 2. The molecule has 2 aromatic rings. The van der Waals surface area contributed by atoms with Crippen molar-refractivity contribution in [1.82, 2.24) is 4.98 Å². The van der Waals surface area contributed by atoms with Gasteiger partial charge in [0.25, 0.3) is 10.0 Å². The van der Waals surface area contributed by atoms with Crippen LogP contribution in [-0.2, 0) is 10.0 Å². The van der Waals surface area contributed by atoms with Crippen molar-refractivity contribution in [2.75, 3.05) is 4.72 Å². The molecule has 0 atom stereocenters. The number of aryl methyl sites for hydroxylation is 1. The molecule has 0 aliphatic carbocycles. The van der Waals surface area contributed by atoms with E-state index in [2.05, 4.69) is 9.71 Å². The Hall–Kier alpha value is -1.98. The first-order chi connectivity index (χ1) is 8.92. The van der Waals surface area contributed by atoms with Gasteiger partial charge >= 0.3 is 0 Å². The molecule has 0 fully saturated rings. The van der Waals surface area contributed by atoms with Crippen molar-refractivity contribution in [2.24, 2.45) is 0 Å². The van der Waals surface area contributed by atoms with Gasteiger partial charge < -0.3 is 0 Å². The lowest BCUT2D eigenvalue weighted by Crippen LogP contribution is -2.11. The molecule has 5 nitrogen and oxygen atoms in total. The van der Waals surface area contributed by atoms with Gasteiger partial charge in [-0.15, -0.1) is 11.3 Å². The van der Waals surface area contributed by atoms with E-state index in [4.69, 9.17) is 5.26 Å². The number of benzene rings is 1. The van der Waals surface area contributed by atoms with E-state index in [0.29, 0.717) is 5.01 Å². The fraction of sp³-hybridized carbons (Fsp3) is 0.0909. The maximum atomic E-state index is 13.1. The van der Waals surface area contributed by atoms with Crippen molar-refractivity contribution in [3.63, 3.8) is 0 Å². The molecule has 1 N–H and O–H groups in total. The number of hydrogen-bond acceptors (Lipinski definition) is 5. The number of nitrogens with one attached hydrogen (secondary N) is 1. The van der Waals surface area contributed by atoms with E-state index in [-0.39, 0.29) is 15.5 Å². The number of hydrogen-bond donors (Lipinski definition) is 1. The number of thiazole rings is 1. The lowest BCUT2D eigenvalue weighted by molar-refractivity contribution is 0.602. The maximum Gasteiger partial charge on any atom is 0.273 e. The second-order valence-electron chi connectivity index (χ2n) is 3.61. The van der Waals surface area contributed by atoms with E-state index in [1.54, 1.807) is 13.0 Å². The minimum absolute atomic E-state index is 0.0628. The average molecular weight is 297 g/mol. The van der Waals surface area contributed by atoms with Crippen LogP contribution < -0.4 is 4.72 Å². The smallest absolute Gasteiger partial charge is 0.273 e. The maximum absolute atomic E-state index is 13.1. The first-order valence-corrected chi connectivity index (χ1v) is 7.37. The molecule has 0 radical (unpaired) electrons. The summed E-state index contributed by atoms with van der Waals surface area (Å²) in [6, 6.07) is 5.07. The lowest BCUT2D eigenvalue weighted by Gasteiger charge is -2.06. The number of sulfonamides is 1. The Labute approximate surface area is 113 Å². The zero-order valence-electron chi connectivity index (χ0n) is 9.71. The highest BCUT2D eigenvalue weighted by molar-refractivity contribution is 7.94. The molecule has 0 saturated heterocycles. The molecule has 1 aromatic carbocycles. The van der Waals surface area contributed by atoms with Crippen molar-refractivity contribution in [3.8, 4) is 6.07 Å². The first-order valence-electron chi connectivity index (χ1n) is 5.07. The summed E-state index contributed by atoms with van der Waals surface area (Å²) in [7, 11) is -3.76. The zero-order chi connectivity index (χ0) is 14.0. The second-order valence-corrected chi connectivity index (χ2v) is 6.75. The quantitative estimate of drug-likeness (QED) is 0.942. The molecular weight excluding hydrogens is 289 g/mol. The van der Waals surface area contributed by atoms with Crippen LogP contribution in [0, 0.1) is 24.1 Å². The number of nitriles is 1. The van der Waals surface area contributed by atoms with Gasteiger partial charge in [0.1, 0.15) is 11.9 Å². The van der Waals surface area contributed by atoms with Crippen LogP contribution >= 0.6 is 11.3 Å². The molecular formula is C11H8FN3O2S2. The van der Waals surface area contributed by atoms with Crippen LogP contribution in [0.1, 0.15) is 10.6 Å². The summed E-state index contributed by atoms with van der Waals surface area (Å²) < 4.78 is 39.4. The van der Waals surface area contributed by atoms with Crippen molar-refractivity contribution < 1.29 is 12.8 Å². The highest BCUT2D eigenvalue weighted by atomic mass is 32.2. The van der Waals surface area contributed by atoms with Gasteiger partial charge in [0, 0.05) is 0 Å². The van der Waals surface area contributed by atoms with E-state index in [1.807, 2.05) is 0 Å². The fourth-order valence-corrected chi connectivity index (χ4v) is 3.50. The highest BCUT2D eigenvalue weighted by Gasteiger charge is 2.17. The summed E-state index contributed by atoms with van der Waals surface area (Å²) in [6.45, 7) is 1.69. The highest BCUT2D eigenvalue weighted by Crippen LogP contribution is 2.22. The molecule has 1 aromatic heterocycles. The van der Waals surface area contributed by atoms with Gasteiger partial charge in [-0.25, -0.2) is 17.8 Å². The Morgan fingerprint density at radius 3 is 2.79 bits per heavy atom. The van der Waals surface area contributed by atoms with Crippen LogP contribution in [0.25, 0.3) is 0 Å². The van der Waals surface area contributed by atoms with Gasteiger partial charge in [-0.1, -0.05) is 0 Å². The Kier molecular flexibility index (Phi) is 3.50. The van der Waals surface area contributed by atoms with Crippen LogP contribution in [0.5, 0.6) is 0 Å². The molecule has 19 heavy (non-hydrogen) atoms. The van der Waals surface area contributed by atoms with Gasteiger partial charge in [-0.05, 0) is 25.1 Å².